The van der Waals surface area contributed by atoms with Gasteiger partial charge in [-0.2, -0.15) is 5.06 Å². The third-order valence-corrected chi connectivity index (χ3v) is 4.11. The minimum Gasteiger partial charge on any atom is -0.493 e. The first-order valence-electron chi connectivity index (χ1n) is 7.77. The quantitative estimate of drug-likeness (QED) is 0.858. The highest BCUT2D eigenvalue weighted by Gasteiger charge is 2.40. The van der Waals surface area contributed by atoms with Gasteiger partial charge in [0.15, 0.2) is 17.8 Å². The molecule has 2 aliphatic heterocycles. The molecule has 0 aromatic heterocycles. The van der Waals surface area contributed by atoms with Crippen LogP contribution in [0.25, 0.3) is 0 Å². The number of hydroxylamine groups is 2. The Morgan fingerprint density at radius 3 is 2.45 bits per heavy atom. The van der Waals surface area contributed by atoms with Crippen LogP contribution in [-0.2, 0) is 16.0 Å². The summed E-state index contributed by atoms with van der Waals surface area (Å²) in [4.78, 5) is 5.97. The van der Waals surface area contributed by atoms with Crippen molar-refractivity contribution in [2.24, 2.45) is 0 Å². The molecule has 1 aromatic carbocycles. The molecule has 0 saturated carbocycles. The Hall–Kier alpha value is -1.30. The zero-order chi connectivity index (χ0) is 15.9. The molecule has 22 heavy (non-hydrogen) atoms. The van der Waals surface area contributed by atoms with Gasteiger partial charge in [0.1, 0.15) is 0 Å². The van der Waals surface area contributed by atoms with Crippen molar-refractivity contribution in [1.82, 2.24) is 5.06 Å². The molecule has 0 unspecified atom stereocenters. The molecule has 1 saturated heterocycles. The number of rotatable bonds is 3. The van der Waals surface area contributed by atoms with E-state index in [0.29, 0.717) is 0 Å². The molecule has 0 bridgehead atoms. The summed E-state index contributed by atoms with van der Waals surface area (Å²) in [5.41, 5.74) is 2.35. The number of fused-ring (bicyclic) bond motifs is 3. The summed E-state index contributed by atoms with van der Waals surface area (Å²) in [5, 5.41) is 2.05. The minimum atomic E-state index is -0.209. The fraction of sp³-hybridized carbons (Fsp3) is 0.647. The van der Waals surface area contributed by atoms with E-state index in [1.54, 1.807) is 14.2 Å². The van der Waals surface area contributed by atoms with Crippen LogP contribution in [-0.4, -0.2) is 37.7 Å². The highest BCUT2D eigenvalue weighted by atomic mass is 16.8. The Balaban J connectivity index is 1.86. The molecule has 0 spiro atoms. The van der Waals surface area contributed by atoms with E-state index in [4.69, 9.17) is 19.0 Å². The van der Waals surface area contributed by atoms with E-state index < -0.39 is 0 Å². The van der Waals surface area contributed by atoms with Gasteiger partial charge >= 0.3 is 0 Å². The van der Waals surface area contributed by atoms with Crippen LogP contribution in [0.2, 0.25) is 0 Å². The Bertz CT molecular complexity index is 552. The SMILES string of the molecule is COc1cc2c(cc1OC)[C@H]1C[C@@H](OC(C)(C)C)ON1CC2. The van der Waals surface area contributed by atoms with Crippen molar-refractivity contribution in [3.05, 3.63) is 23.3 Å². The van der Waals surface area contributed by atoms with Gasteiger partial charge in [-0.25, -0.2) is 0 Å². The number of nitrogens with zero attached hydrogens (tertiary/aromatic N) is 1. The zero-order valence-electron chi connectivity index (χ0n) is 14.0. The molecule has 0 N–H and O–H groups in total. The van der Waals surface area contributed by atoms with Crippen LogP contribution in [0.4, 0.5) is 0 Å². The fourth-order valence-electron chi connectivity index (χ4n) is 3.22. The second kappa shape index (κ2) is 5.72. The molecule has 1 aromatic rings. The third kappa shape index (κ3) is 2.93. The number of hydrogen-bond donors (Lipinski definition) is 0. The van der Waals surface area contributed by atoms with E-state index in [1.807, 2.05) is 5.06 Å². The maximum Gasteiger partial charge on any atom is 0.180 e. The standard InChI is InChI=1S/C17H25NO4/c1-17(2,3)21-16-10-13-12-9-15(20-5)14(19-4)8-11(12)6-7-18(13)22-16/h8-9,13,16H,6-7,10H2,1-5H3/t13-,16+/m1/s1. The monoisotopic (exact) mass is 307 g/mol. The molecule has 2 atom stereocenters. The van der Waals surface area contributed by atoms with E-state index in [2.05, 4.69) is 32.9 Å². The second-order valence-electron chi connectivity index (χ2n) is 6.81. The fourth-order valence-corrected chi connectivity index (χ4v) is 3.22. The van der Waals surface area contributed by atoms with Gasteiger partial charge in [0.2, 0.25) is 0 Å². The van der Waals surface area contributed by atoms with Gasteiger partial charge in [0, 0.05) is 13.0 Å². The summed E-state index contributed by atoms with van der Waals surface area (Å²) in [7, 11) is 3.34. The van der Waals surface area contributed by atoms with Crippen LogP contribution >= 0.6 is 0 Å². The number of hydrogen-bond acceptors (Lipinski definition) is 5. The molecule has 0 aliphatic carbocycles. The summed E-state index contributed by atoms with van der Waals surface area (Å²) >= 11 is 0. The van der Waals surface area contributed by atoms with Gasteiger partial charge in [-0.3, -0.25) is 4.84 Å². The topological polar surface area (TPSA) is 40.2 Å². The number of ether oxygens (including phenoxy) is 3. The molecule has 1 fully saturated rings. The van der Waals surface area contributed by atoms with Crippen LogP contribution in [0, 0.1) is 0 Å². The summed E-state index contributed by atoms with van der Waals surface area (Å²) < 4.78 is 16.8. The van der Waals surface area contributed by atoms with Crippen LogP contribution in [0.5, 0.6) is 11.5 Å². The summed E-state index contributed by atoms with van der Waals surface area (Å²) in [6.45, 7) is 7.03. The molecule has 2 heterocycles. The summed E-state index contributed by atoms with van der Waals surface area (Å²) in [5.74, 6) is 1.55. The minimum absolute atomic E-state index is 0.191. The van der Waals surface area contributed by atoms with Gasteiger partial charge in [-0.15, -0.1) is 0 Å². The normalized spacial score (nSPS) is 24.8. The van der Waals surface area contributed by atoms with Crippen LogP contribution in [0.3, 0.4) is 0 Å². The largest absolute Gasteiger partial charge is 0.493 e. The Morgan fingerprint density at radius 1 is 1.14 bits per heavy atom. The van der Waals surface area contributed by atoms with Gasteiger partial charge in [-0.1, -0.05) is 0 Å². The van der Waals surface area contributed by atoms with Crippen LogP contribution in [0.1, 0.15) is 44.4 Å². The number of methoxy groups -OCH3 is 2. The van der Waals surface area contributed by atoms with Gasteiger partial charge < -0.3 is 14.2 Å². The molecular formula is C17H25NO4. The Labute approximate surface area is 132 Å². The second-order valence-corrected chi connectivity index (χ2v) is 6.81. The van der Waals surface area contributed by atoms with E-state index in [1.165, 1.54) is 11.1 Å². The lowest BCUT2D eigenvalue weighted by Crippen LogP contribution is -2.31. The molecule has 2 aliphatic rings. The first kappa shape index (κ1) is 15.6. The molecular weight excluding hydrogens is 282 g/mol. The van der Waals surface area contributed by atoms with Crippen molar-refractivity contribution < 1.29 is 19.0 Å². The molecule has 122 valence electrons. The first-order chi connectivity index (χ1) is 10.4. The van der Waals surface area contributed by atoms with Gasteiger partial charge in [-0.05, 0) is 50.5 Å². The van der Waals surface area contributed by atoms with Crippen molar-refractivity contribution in [3.8, 4) is 11.5 Å². The van der Waals surface area contributed by atoms with Crippen molar-refractivity contribution in [2.75, 3.05) is 20.8 Å². The summed E-state index contributed by atoms with van der Waals surface area (Å²) in [6.07, 6.45) is 1.58. The zero-order valence-corrected chi connectivity index (χ0v) is 14.0. The van der Waals surface area contributed by atoms with E-state index in [0.717, 1.165) is 30.9 Å². The van der Waals surface area contributed by atoms with Crippen molar-refractivity contribution in [1.29, 1.82) is 0 Å². The van der Waals surface area contributed by atoms with E-state index >= 15 is 0 Å². The molecule has 0 amide bonds. The van der Waals surface area contributed by atoms with Crippen LogP contribution < -0.4 is 9.47 Å². The van der Waals surface area contributed by atoms with Crippen LogP contribution in [0.15, 0.2) is 12.1 Å². The molecule has 5 nitrogen and oxygen atoms in total. The number of benzene rings is 1. The van der Waals surface area contributed by atoms with Gasteiger partial charge in [0.25, 0.3) is 0 Å². The average molecular weight is 307 g/mol. The van der Waals surface area contributed by atoms with Gasteiger partial charge in [0.05, 0.1) is 25.9 Å². The van der Waals surface area contributed by atoms with Crippen molar-refractivity contribution >= 4 is 0 Å². The highest BCUT2D eigenvalue weighted by Crippen LogP contribution is 2.44. The lowest BCUT2D eigenvalue weighted by Gasteiger charge is -2.30. The maximum atomic E-state index is 5.99. The molecule has 3 rings (SSSR count). The Morgan fingerprint density at radius 2 is 1.82 bits per heavy atom. The van der Waals surface area contributed by atoms with E-state index in [-0.39, 0.29) is 17.9 Å². The third-order valence-electron chi connectivity index (χ3n) is 4.11. The predicted molar refractivity (Wildman–Crippen MR) is 83.0 cm³/mol. The average Bonchev–Trinajstić information content (AvgIpc) is 2.86. The first-order valence-corrected chi connectivity index (χ1v) is 7.77. The Kier molecular flexibility index (Phi) is 4.05. The van der Waals surface area contributed by atoms with E-state index in [9.17, 15) is 0 Å². The lowest BCUT2D eigenvalue weighted by atomic mass is 9.92. The lowest BCUT2D eigenvalue weighted by molar-refractivity contribution is -0.266. The maximum absolute atomic E-state index is 5.99. The smallest absolute Gasteiger partial charge is 0.180 e. The molecule has 5 heteroatoms. The van der Waals surface area contributed by atoms with Crippen molar-refractivity contribution in [2.45, 2.75) is 51.5 Å². The predicted octanol–water partition coefficient (Wildman–Crippen LogP) is 3.08. The highest BCUT2D eigenvalue weighted by molar-refractivity contribution is 5.49. The molecule has 0 radical (unpaired) electrons. The van der Waals surface area contributed by atoms with Crippen molar-refractivity contribution in [3.63, 3.8) is 0 Å². The summed E-state index contributed by atoms with van der Waals surface area (Å²) in [6, 6.07) is 4.38.